The zero-order valence-corrected chi connectivity index (χ0v) is 19.8. The van der Waals surface area contributed by atoms with E-state index in [1.165, 1.54) is 37.8 Å². The number of nitro groups is 1. The molecule has 11 heteroatoms. The number of benzene rings is 1. The zero-order chi connectivity index (χ0) is 20.4. The lowest BCUT2D eigenvalue weighted by atomic mass is 9.68. The molecule has 0 unspecified atom stereocenters. The summed E-state index contributed by atoms with van der Waals surface area (Å²) < 4.78 is 23.2. The van der Waals surface area contributed by atoms with Crippen molar-refractivity contribution in [2.75, 3.05) is 44.8 Å². The van der Waals surface area contributed by atoms with E-state index in [1.807, 2.05) is 0 Å². The van der Waals surface area contributed by atoms with E-state index >= 15 is 0 Å². The Balaban J connectivity index is 0.00000300. The molecule has 1 aromatic rings. The summed E-state index contributed by atoms with van der Waals surface area (Å²) >= 11 is 0. The zero-order valence-electron chi connectivity index (χ0n) is 16.7. The van der Waals surface area contributed by atoms with Crippen LogP contribution in [0.4, 0.5) is 11.4 Å². The average Bonchev–Trinajstić information content (AvgIpc) is 3.07. The number of guanidine groups is 1. The maximum atomic E-state index is 11.6. The molecule has 9 nitrogen and oxygen atoms in total. The third-order valence-electron chi connectivity index (χ3n) is 5.68. The molecule has 1 aliphatic carbocycles. The number of likely N-dealkylation sites (tertiary alicyclic amines) is 1. The van der Waals surface area contributed by atoms with Gasteiger partial charge in [0.25, 0.3) is 5.69 Å². The van der Waals surface area contributed by atoms with Crippen molar-refractivity contribution in [1.29, 1.82) is 0 Å². The standard InChI is InChI=1S/C18H27N5O4S.HI/c1-19-17(22-11-8-18(13-22)6-3-7-18)21-10-9-20-15-5-4-14(28(2,26)27)12-16(15)23(24)25;/h4-5,12,20H,3,6-11,13H2,1-2H3,(H,19,21);1H. The minimum absolute atomic E-state index is 0. The fourth-order valence-electron chi connectivity index (χ4n) is 3.95. The van der Waals surface area contributed by atoms with Gasteiger partial charge in [0.05, 0.1) is 9.82 Å². The van der Waals surface area contributed by atoms with Gasteiger partial charge in [0.2, 0.25) is 0 Å². The predicted octanol–water partition coefficient (Wildman–Crippen LogP) is 2.48. The first-order chi connectivity index (χ1) is 13.2. The van der Waals surface area contributed by atoms with Gasteiger partial charge in [-0.05, 0) is 36.8 Å². The van der Waals surface area contributed by atoms with Crippen LogP contribution in [-0.4, -0.2) is 63.7 Å². The van der Waals surface area contributed by atoms with E-state index in [0.717, 1.165) is 31.4 Å². The highest BCUT2D eigenvalue weighted by Crippen LogP contribution is 2.47. The summed E-state index contributed by atoms with van der Waals surface area (Å²) in [5, 5.41) is 17.6. The van der Waals surface area contributed by atoms with Gasteiger partial charge >= 0.3 is 0 Å². The van der Waals surface area contributed by atoms with Crippen molar-refractivity contribution >= 4 is 51.1 Å². The van der Waals surface area contributed by atoms with Crippen molar-refractivity contribution in [3.63, 3.8) is 0 Å². The SMILES string of the molecule is CN=C(NCCNc1ccc(S(C)(=O)=O)cc1[N+](=O)[O-])N1CCC2(CCC2)C1.I. The van der Waals surface area contributed by atoms with E-state index in [2.05, 4.69) is 20.5 Å². The van der Waals surface area contributed by atoms with Gasteiger partial charge in [0.1, 0.15) is 5.69 Å². The molecule has 162 valence electrons. The topological polar surface area (TPSA) is 117 Å². The fraction of sp³-hybridized carbons (Fsp3) is 0.611. The lowest BCUT2D eigenvalue weighted by Crippen LogP contribution is -2.43. The molecular weight excluding hydrogens is 509 g/mol. The lowest BCUT2D eigenvalue weighted by Gasteiger charge is -2.38. The number of nitrogens with zero attached hydrogens (tertiary/aromatic N) is 3. The second kappa shape index (κ2) is 9.45. The molecule has 2 N–H and O–H groups in total. The average molecular weight is 537 g/mol. The molecule has 0 amide bonds. The monoisotopic (exact) mass is 537 g/mol. The first kappa shape index (κ1) is 23.6. The van der Waals surface area contributed by atoms with Crippen molar-refractivity contribution in [3.05, 3.63) is 28.3 Å². The summed E-state index contributed by atoms with van der Waals surface area (Å²) in [6.45, 7) is 3.03. The molecule has 2 aliphatic rings. The van der Waals surface area contributed by atoms with Crippen LogP contribution >= 0.6 is 24.0 Å². The van der Waals surface area contributed by atoms with Crippen LogP contribution < -0.4 is 10.6 Å². The van der Waals surface area contributed by atoms with Crippen LogP contribution in [0.5, 0.6) is 0 Å². The molecule has 0 aromatic heterocycles. The van der Waals surface area contributed by atoms with E-state index in [1.54, 1.807) is 7.05 Å². The van der Waals surface area contributed by atoms with Gasteiger partial charge in [-0.1, -0.05) is 6.42 Å². The van der Waals surface area contributed by atoms with Crippen LogP contribution in [-0.2, 0) is 9.84 Å². The molecule has 1 aliphatic heterocycles. The normalized spacial score (nSPS) is 18.1. The van der Waals surface area contributed by atoms with Gasteiger partial charge in [0.15, 0.2) is 15.8 Å². The van der Waals surface area contributed by atoms with Crippen LogP contribution in [0, 0.1) is 15.5 Å². The van der Waals surface area contributed by atoms with E-state index in [0.29, 0.717) is 24.2 Å². The van der Waals surface area contributed by atoms with Crippen LogP contribution in [0.3, 0.4) is 0 Å². The number of anilines is 1. The highest BCUT2D eigenvalue weighted by molar-refractivity contribution is 14.0. The molecule has 1 heterocycles. The van der Waals surface area contributed by atoms with Gasteiger partial charge in [-0.15, -0.1) is 24.0 Å². The van der Waals surface area contributed by atoms with Crippen molar-refractivity contribution < 1.29 is 13.3 Å². The van der Waals surface area contributed by atoms with Gasteiger partial charge in [0, 0.05) is 45.5 Å². The van der Waals surface area contributed by atoms with E-state index in [4.69, 9.17) is 0 Å². The second-order valence-electron chi connectivity index (χ2n) is 7.63. The Morgan fingerprint density at radius 3 is 2.55 bits per heavy atom. The van der Waals surface area contributed by atoms with Gasteiger partial charge < -0.3 is 15.5 Å². The number of hydrogen-bond acceptors (Lipinski definition) is 6. The molecule has 1 saturated carbocycles. The Labute approximate surface area is 188 Å². The first-order valence-corrected chi connectivity index (χ1v) is 11.3. The summed E-state index contributed by atoms with van der Waals surface area (Å²) in [7, 11) is -1.74. The van der Waals surface area contributed by atoms with Crippen molar-refractivity contribution in [2.24, 2.45) is 10.4 Å². The van der Waals surface area contributed by atoms with E-state index < -0.39 is 14.8 Å². The molecule has 1 spiro atoms. The smallest absolute Gasteiger partial charge is 0.293 e. The van der Waals surface area contributed by atoms with Crippen molar-refractivity contribution in [2.45, 2.75) is 30.6 Å². The third-order valence-corrected chi connectivity index (χ3v) is 6.79. The number of halogens is 1. The summed E-state index contributed by atoms with van der Waals surface area (Å²) in [5.74, 6) is 0.854. The highest BCUT2D eigenvalue weighted by Gasteiger charge is 2.43. The Morgan fingerprint density at radius 2 is 2.03 bits per heavy atom. The van der Waals surface area contributed by atoms with Gasteiger partial charge in [-0.25, -0.2) is 8.42 Å². The Bertz CT molecular complexity index is 886. The summed E-state index contributed by atoms with van der Waals surface area (Å²) in [6.07, 6.45) is 6.16. The second-order valence-corrected chi connectivity index (χ2v) is 9.65. The minimum atomic E-state index is -3.50. The van der Waals surface area contributed by atoms with E-state index in [-0.39, 0.29) is 34.6 Å². The Kier molecular flexibility index (Phi) is 7.71. The quantitative estimate of drug-likeness (QED) is 0.143. The number of hydrogen-bond donors (Lipinski definition) is 2. The van der Waals surface area contributed by atoms with Crippen molar-refractivity contribution in [1.82, 2.24) is 10.2 Å². The van der Waals surface area contributed by atoms with Crippen LogP contribution in [0.2, 0.25) is 0 Å². The molecular formula is C18H28IN5O4S. The molecule has 3 rings (SSSR count). The molecule has 0 atom stereocenters. The van der Waals surface area contributed by atoms with Crippen molar-refractivity contribution in [3.8, 4) is 0 Å². The minimum Gasteiger partial charge on any atom is -0.378 e. The van der Waals surface area contributed by atoms with Crippen LogP contribution in [0.1, 0.15) is 25.7 Å². The van der Waals surface area contributed by atoms with Crippen LogP contribution in [0.15, 0.2) is 28.1 Å². The lowest BCUT2D eigenvalue weighted by molar-refractivity contribution is -0.384. The number of aliphatic imine (C=N–C) groups is 1. The summed E-state index contributed by atoms with van der Waals surface area (Å²) in [6, 6.07) is 3.90. The number of sulfone groups is 1. The maximum absolute atomic E-state index is 11.6. The maximum Gasteiger partial charge on any atom is 0.293 e. The molecule has 29 heavy (non-hydrogen) atoms. The van der Waals surface area contributed by atoms with Crippen LogP contribution in [0.25, 0.3) is 0 Å². The number of nitrogens with one attached hydrogen (secondary N) is 2. The summed E-state index contributed by atoms with van der Waals surface area (Å²) in [4.78, 5) is 17.3. The first-order valence-electron chi connectivity index (χ1n) is 9.42. The molecule has 1 aromatic carbocycles. The fourth-order valence-corrected chi connectivity index (χ4v) is 4.59. The number of nitro benzene ring substituents is 1. The highest BCUT2D eigenvalue weighted by atomic mass is 127. The van der Waals surface area contributed by atoms with E-state index in [9.17, 15) is 18.5 Å². The Hall–Kier alpha value is -1.63. The molecule has 0 radical (unpaired) electrons. The van der Waals surface area contributed by atoms with Gasteiger partial charge in [-0.3, -0.25) is 15.1 Å². The largest absolute Gasteiger partial charge is 0.378 e. The third kappa shape index (κ3) is 5.50. The summed E-state index contributed by atoms with van der Waals surface area (Å²) in [5.41, 5.74) is 0.528. The predicted molar refractivity (Wildman–Crippen MR) is 124 cm³/mol. The molecule has 0 bridgehead atoms. The Morgan fingerprint density at radius 1 is 1.31 bits per heavy atom. The molecule has 2 fully saturated rings. The number of rotatable bonds is 6. The van der Waals surface area contributed by atoms with Gasteiger partial charge in [-0.2, -0.15) is 0 Å². The molecule has 1 saturated heterocycles.